The van der Waals surface area contributed by atoms with Gasteiger partial charge in [-0.3, -0.25) is 4.79 Å². The van der Waals surface area contributed by atoms with Crippen LogP contribution in [0.4, 0.5) is 4.79 Å². The number of nitrogens with two attached hydrogens (primary N) is 1. The van der Waals surface area contributed by atoms with Crippen LogP contribution in [-0.2, 0) is 4.79 Å². The number of amides is 2. The molecule has 0 spiro atoms. The Hall–Kier alpha value is -1.30. The van der Waals surface area contributed by atoms with Crippen molar-refractivity contribution in [1.82, 2.24) is 10.2 Å². The summed E-state index contributed by atoms with van der Waals surface area (Å²) in [5.41, 5.74) is 5.99. The SMILES string of the molecule is NC1CCCCC1NC(=O)N(CC(=O)O)CC1CC1. The summed E-state index contributed by atoms with van der Waals surface area (Å²) in [6.45, 7) is 0.310. The second kappa shape index (κ2) is 6.23. The van der Waals surface area contributed by atoms with E-state index in [1.54, 1.807) is 0 Å². The molecule has 2 unspecified atom stereocenters. The number of rotatable bonds is 5. The third-order valence-corrected chi connectivity index (χ3v) is 3.92. The minimum absolute atomic E-state index is 0.00898. The van der Waals surface area contributed by atoms with Crippen molar-refractivity contribution in [3.8, 4) is 0 Å². The summed E-state index contributed by atoms with van der Waals surface area (Å²) in [6.07, 6.45) is 6.16. The van der Waals surface area contributed by atoms with E-state index in [4.69, 9.17) is 10.8 Å². The first-order valence-electron chi connectivity index (χ1n) is 7.09. The van der Waals surface area contributed by atoms with E-state index in [1.165, 1.54) is 4.90 Å². The molecule has 0 bridgehead atoms. The molecule has 0 aromatic rings. The molecule has 2 rings (SSSR count). The smallest absolute Gasteiger partial charge is 0.323 e. The van der Waals surface area contributed by atoms with Crippen molar-refractivity contribution in [2.75, 3.05) is 13.1 Å². The van der Waals surface area contributed by atoms with E-state index in [0.29, 0.717) is 12.5 Å². The minimum atomic E-state index is -0.969. The molecule has 108 valence electrons. The van der Waals surface area contributed by atoms with E-state index >= 15 is 0 Å². The van der Waals surface area contributed by atoms with E-state index in [0.717, 1.165) is 38.5 Å². The molecule has 4 N–H and O–H groups in total. The molecule has 2 atom stereocenters. The summed E-state index contributed by atoms with van der Waals surface area (Å²) < 4.78 is 0. The minimum Gasteiger partial charge on any atom is -0.480 e. The average Bonchev–Trinajstić information content (AvgIpc) is 3.14. The molecule has 2 aliphatic rings. The number of nitrogens with zero attached hydrogens (tertiary/aromatic N) is 1. The zero-order valence-electron chi connectivity index (χ0n) is 11.2. The van der Waals surface area contributed by atoms with Crippen molar-refractivity contribution in [2.24, 2.45) is 11.7 Å². The van der Waals surface area contributed by atoms with Gasteiger partial charge in [-0.1, -0.05) is 12.8 Å². The van der Waals surface area contributed by atoms with E-state index in [2.05, 4.69) is 5.32 Å². The van der Waals surface area contributed by atoms with Crippen LogP contribution in [0.3, 0.4) is 0 Å². The van der Waals surface area contributed by atoms with Crippen LogP contribution in [0.15, 0.2) is 0 Å². The van der Waals surface area contributed by atoms with Gasteiger partial charge in [0, 0.05) is 18.6 Å². The van der Waals surface area contributed by atoms with E-state index < -0.39 is 5.97 Å². The summed E-state index contributed by atoms with van der Waals surface area (Å²) in [4.78, 5) is 24.4. The number of aliphatic carboxylic acids is 1. The Bertz CT molecular complexity index is 344. The summed E-state index contributed by atoms with van der Waals surface area (Å²) in [7, 11) is 0. The Morgan fingerprint density at radius 3 is 2.47 bits per heavy atom. The Morgan fingerprint density at radius 2 is 1.89 bits per heavy atom. The molecule has 0 radical (unpaired) electrons. The summed E-state index contributed by atoms with van der Waals surface area (Å²) in [5, 5.41) is 11.8. The zero-order valence-corrected chi connectivity index (χ0v) is 11.2. The van der Waals surface area contributed by atoms with Gasteiger partial charge in [0.25, 0.3) is 0 Å². The van der Waals surface area contributed by atoms with Crippen molar-refractivity contribution >= 4 is 12.0 Å². The van der Waals surface area contributed by atoms with Crippen LogP contribution >= 0.6 is 0 Å². The fraction of sp³-hybridized carbons (Fsp3) is 0.846. The largest absolute Gasteiger partial charge is 0.480 e. The summed E-state index contributed by atoms with van der Waals surface area (Å²) in [5.74, 6) is -0.492. The van der Waals surface area contributed by atoms with Gasteiger partial charge in [-0.2, -0.15) is 0 Å². The maximum absolute atomic E-state index is 12.2. The molecular formula is C13H23N3O3. The molecule has 2 saturated carbocycles. The molecule has 0 saturated heterocycles. The van der Waals surface area contributed by atoms with Crippen molar-refractivity contribution in [3.63, 3.8) is 0 Å². The van der Waals surface area contributed by atoms with E-state index in [1.807, 2.05) is 0 Å². The Kier molecular flexibility index (Phi) is 4.63. The molecule has 2 fully saturated rings. The van der Waals surface area contributed by atoms with Crippen molar-refractivity contribution in [2.45, 2.75) is 50.6 Å². The maximum atomic E-state index is 12.2. The number of carbonyl (C=O) groups excluding carboxylic acids is 1. The second-order valence-corrected chi connectivity index (χ2v) is 5.72. The van der Waals surface area contributed by atoms with Crippen molar-refractivity contribution in [3.05, 3.63) is 0 Å². The molecule has 0 heterocycles. The number of carbonyl (C=O) groups is 2. The molecule has 6 nitrogen and oxygen atoms in total. The number of urea groups is 1. The molecule has 0 aliphatic heterocycles. The number of carboxylic acids is 1. The molecule has 2 aliphatic carbocycles. The normalized spacial score (nSPS) is 26.8. The molecule has 6 heteroatoms. The molecule has 2 amide bonds. The zero-order chi connectivity index (χ0) is 13.8. The average molecular weight is 269 g/mol. The molecular weight excluding hydrogens is 246 g/mol. The summed E-state index contributed by atoms with van der Waals surface area (Å²) in [6, 6.07) is -0.307. The number of hydrogen-bond donors (Lipinski definition) is 3. The van der Waals surface area contributed by atoms with Gasteiger partial charge >= 0.3 is 12.0 Å². The van der Waals surface area contributed by atoms with Crippen molar-refractivity contribution in [1.29, 1.82) is 0 Å². The van der Waals surface area contributed by atoms with Gasteiger partial charge in [0.15, 0.2) is 0 Å². The standard InChI is InChI=1S/C13H23N3O3/c14-10-3-1-2-4-11(10)15-13(19)16(8-12(17)18)7-9-5-6-9/h9-11H,1-8,14H2,(H,15,19)(H,17,18). The first-order chi connectivity index (χ1) is 9.06. The van der Waals surface area contributed by atoms with Gasteiger partial charge in [0.2, 0.25) is 0 Å². The van der Waals surface area contributed by atoms with Gasteiger partial charge in [-0.25, -0.2) is 4.79 Å². The third-order valence-electron chi connectivity index (χ3n) is 3.92. The lowest BCUT2D eigenvalue weighted by atomic mass is 9.91. The highest BCUT2D eigenvalue weighted by molar-refractivity contribution is 5.80. The predicted octanol–water partition coefficient (Wildman–Crippen LogP) is 0.762. The number of hydrogen-bond acceptors (Lipinski definition) is 3. The predicted molar refractivity (Wildman–Crippen MR) is 70.7 cm³/mol. The van der Waals surface area contributed by atoms with Crippen LogP contribution in [0.25, 0.3) is 0 Å². The topological polar surface area (TPSA) is 95.7 Å². The van der Waals surface area contributed by atoms with Crippen LogP contribution < -0.4 is 11.1 Å². The second-order valence-electron chi connectivity index (χ2n) is 5.72. The van der Waals surface area contributed by atoms with Crippen LogP contribution in [0.5, 0.6) is 0 Å². The van der Waals surface area contributed by atoms with Crippen LogP contribution in [0.1, 0.15) is 38.5 Å². The van der Waals surface area contributed by atoms with Gasteiger partial charge in [-0.15, -0.1) is 0 Å². The Balaban J connectivity index is 1.87. The molecule has 0 aromatic carbocycles. The third kappa shape index (κ3) is 4.38. The van der Waals surface area contributed by atoms with Gasteiger partial charge < -0.3 is 21.1 Å². The Labute approximate surface area is 113 Å². The highest BCUT2D eigenvalue weighted by Crippen LogP contribution is 2.29. The van der Waals surface area contributed by atoms with Crippen LogP contribution in [0.2, 0.25) is 0 Å². The summed E-state index contributed by atoms with van der Waals surface area (Å²) >= 11 is 0. The fourth-order valence-electron chi connectivity index (χ4n) is 2.58. The van der Waals surface area contributed by atoms with Gasteiger partial charge in [0.1, 0.15) is 6.54 Å². The van der Waals surface area contributed by atoms with Crippen LogP contribution in [-0.4, -0.2) is 47.2 Å². The first-order valence-corrected chi connectivity index (χ1v) is 7.09. The van der Waals surface area contributed by atoms with Gasteiger partial charge in [-0.05, 0) is 31.6 Å². The first kappa shape index (κ1) is 14.1. The van der Waals surface area contributed by atoms with E-state index in [-0.39, 0.29) is 24.7 Å². The van der Waals surface area contributed by atoms with Crippen molar-refractivity contribution < 1.29 is 14.7 Å². The molecule has 0 aromatic heterocycles. The maximum Gasteiger partial charge on any atom is 0.323 e. The number of carboxylic acid groups (broad SMARTS) is 1. The fourth-order valence-corrected chi connectivity index (χ4v) is 2.58. The van der Waals surface area contributed by atoms with Crippen LogP contribution in [0, 0.1) is 5.92 Å². The monoisotopic (exact) mass is 269 g/mol. The van der Waals surface area contributed by atoms with Gasteiger partial charge in [0.05, 0.1) is 0 Å². The number of nitrogens with one attached hydrogen (secondary N) is 1. The lowest BCUT2D eigenvalue weighted by molar-refractivity contribution is -0.137. The Morgan fingerprint density at radius 1 is 1.21 bits per heavy atom. The quantitative estimate of drug-likeness (QED) is 0.686. The lowest BCUT2D eigenvalue weighted by Crippen LogP contribution is -2.54. The lowest BCUT2D eigenvalue weighted by Gasteiger charge is -2.31. The molecule has 19 heavy (non-hydrogen) atoms. The highest BCUT2D eigenvalue weighted by atomic mass is 16.4. The highest BCUT2D eigenvalue weighted by Gasteiger charge is 2.30. The van der Waals surface area contributed by atoms with E-state index in [9.17, 15) is 9.59 Å².